The van der Waals surface area contributed by atoms with Gasteiger partial charge in [-0.05, 0) is 43.4 Å². The summed E-state index contributed by atoms with van der Waals surface area (Å²) in [6, 6.07) is 3.98. The quantitative estimate of drug-likeness (QED) is 0.685. The van der Waals surface area contributed by atoms with Gasteiger partial charge in [0.2, 0.25) is 6.79 Å². The fourth-order valence-electron chi connectivity index (χ4n) is 2.81. The van der Waals surface area contributed by atoms with Crippen molar-refractivity contribution in [2.45, 2.75) is 31.8 Å². The van der Waals surface area contributed by atoms with Crippen LogP contribution in [0.3, 0.4) is 0 Å². The van der Waals surface area contributed by atoms with Gasteiger partial charge in [0.05, 0.1) is 0 Å². The highest BCUT2D eigenvalue weighted by atomic mass is 16.7. The van der Waals surface area contributed by atoms with Gasteiger partial charge >= 0.3 is 0 Å². The van der Waals surface area contributed by atoms with E-state index in [0.29, 0.717) is 6.79 Å². The summed E-state index contributed by atoms with van der Waals surface area (Å²) in [4.78, 5) is 0. The van der Waals surface area contributed by atoms with E-state index < -0.39 is 0 Å². The average Bonchev–Trinajstić information content (AvgIpc) is 2.80. The summed E-state index contributed by atoms with van der Waals surface area (Å²) in [7, 11) is 0. The second-order valence-corrected chi connectivity index (χ2v) is 4.81. The van der Waals surface area contributed by atoms with Crippen molar-refractivity contribution in [3.05, 3.63) is 23.3 Å². The Labute approximate surface area is 100.0 Å². The van der Waals surface area contributed by atoms with Crippen molar-refractivity contribution < 1.29 is 14.2 Å². The number of benzene rings is 1. The zero-order chi connectivity index (χ0) is 11.2. The standard InChI is InChI=1S/C14H14O3/c1-2-4-11-9(3-1)5-10-6-13-14(16-8-15-13)7-12(10)17-11/h5-7,11H,1-4,8H2. The van der Waals surface area contributed by atoms with Crippen LogP contribution in [0.4, 0.5) is 0 Å². The van der Waals surface area contributed by atoms with Crippen molar-refractivity contribution in [1.29, 1.82) is 0 Å². The second-order valence-electron chi connectivity index (χ2n) is 4.81. The molecule has 1 aromatic rings. The van der Waals surface area contributed by atoms with Crippen LogP contribution >= 0.6 is 0 Å². The van der Waals surface area contributed by atoms with Crippen LogP contribution in [0.1, 0.15) is 31.2 Å². The van der Waals surface area contributed by atoms with Crippen molar-refractivity contribution in [1.82, 2.24) is 0 Å². The first-order valence-electron chi connectivity index (χ1n) is 6.21. The minimum absolute atomic E-state index is 0.289. The molecule has 2 aliphatic heterocycles. The van der Waals surface area contributed by atoms with Gasteiger partial charge in [0, 0.05) is 11.6 Å². The number of hydrogen-bond donors (Lipinski definition) is 0. The molecule has 0 bridgehead atoms. The molecule has 1 aromatic carbocycles. The van der Waals surface area contributed by atoms with Crippen LogP contribution in [0.2, 0.25) is 0 Å². The van der Waals surface area contributed by atoms with E-state index in [1.165, 1.54) is 24.8 Å². The Bertz CT molecular complexity index is 504. The third-order valence-electron chi connectivity index (χ3n) is 3.71. The fourth-order valence-corrected chi connectivity index (χ4v) is 2.81. The van der Waals surface area contributed by atoms with Crippen molar-refractivity contribution in [2.24, 2.45) is 0 Å². The molecule has 17 heavy (non-hydrogen) atoms. The predicted molar refractivity (Wildman–Crippen MR) is 63.4 cm³/mol. The lowest BCUT2D eigenvalue weighted by Gasteiger charge is -2.30. The SMILES string of the molecule is C1=C2CCCCC2Oc2cc3c(cc21)OCO3. The first kappa shape index (κ1) is 9.40. The van der Waals surface area contributed by atoms with Gasteiger partial charge in [0.1, 0.15) is 11.9 Å². The highest BCUT2D eigenvalue weighted by Gasteiger charge is 2.27. The Hall–Kier alpha value is -1.64. The summed E-state index contributed by atoms with van der Waals surface area (Å²) in [5, 5.41) is 0. The van der Waals surface area contributed by atoms with E-state index in [1.807, 2.05) is 12.1 Å². The number of ether oxygens (including phenoxy) is 3. The van der Waals surface area contributed by atoms with Crippen LogP contribution in [0.5, 0.6) is 17.2 Å². The molecule has 0 saturated heterocycles. The largest absolute Gasteiger partial charge is 0.485 e. The molecule has 1 atom stereocenters. The first-order valence-corrected chi connectivity index (χ1v) is 6.21. The van der Waals surface area contributed by atoms with E-state index in [9.17, 15) is 0 Å². The molecule has 1 aliphatic carbocycles. The minimum atomic E-state index is 0.289. The fraction of sp³-hybridized carbons (Fsp3) is 0.429. The van der Waals surface area contributed by atoms with Gasteiger partial charge < -0.3 is 14.2 Å². The van der Waals surface area contributed by atoms with Gasteiger partial charge in [-0.3, -0.25) is 0 Å². The lowest BCUT2D eigenvalue weighted by atomic mass is 9.88. The van der Waals surface area contributed by atoms with Gasteiger partial charge in [-0.1, -0.05) is 0 Å². The van der Waals surface area contributed by atoms with Crippen LogP contribution in [0.15, 0.2) is 17.7 Å². The number of hydrogen-bond acceptors (Lipinski definition) is 3. The Balaban J connectivity index is 1.80. The van der Waals surface area contributed by atoms with Crippen molar-refractivity contribution in [3.8, 4) is 17.2 Å². The summed E-state index contributed by atoms with van der Waals surface area (Å²) in [6.07, 6.45) is 7.41. The van der Waals surface area contributed by atoms with E-state index in [0.717, 1.165) is 29.2 Å². The molecule has 0 N–H and O–H groups in total. The zero-order valence-electron chi connectivity index (χ0n) is 9.57. The molecular weight excluding hydrogens is 216 g/mol. The summed E-state index contributed by atoms with van der Waals surface area (Å²) in [5.41, 5.74) is 2.56. The third-order valence-corrected chi connectivity index (χ3v) is 3.71. The van der Waals surface area contributed by atoms with Crippen LogP contribution in [-0.2, 0) is 0 Å². The number of rotatable bonds is 0. The normalized spacial score (nSPS) is 24.5. The molecule has 1 fully saturated rings. The maximum absolute atomic E-state index is 6.06. The predicted octanol–water partition coefficient (Wildman–Crippen LogP) is 3.13. The van der Waals surface area contributed by atoms with E-state index in [2.05, 4.69) is 6.08 Å². The molecule has 1 saturated carbocycles. The van der Waals surface area contributed by atoms with Gasteiger partial charge in [-0.25, -0.2) is 0 Å². The van der Waals surface area contributed by atoms with Crippen LogP contribution < -0.4 is 14.2 Å². The van der Waals surface area contributed by atoms with Gasteiger partial charge in [0.15, 0.2) is 11.5 Å². The van der Waals surface area contributed by atoms with Crippen molar-refractivity contribution in [2.75, 3.05) is 6.79 Å². The Kier molecular flexibility index (Phi) is 1.89. The Morgan fingerprint density at radius 3 is 2.82 bits per heavy atom. The molecule has 0 amide bonds. The second kappa shape index (κ2) is 3.42. The van der Waals surface area contributed by atoms with Crippen molar-refractivity contribution in [3.63, 3.8) is 0 Å². The summed E-state index contributed by atoms with van der Waals surface area (Å²) >= 11 is 0. The number of fused-ring (bicyclic) bond motifs is 3. The molecule has 0 radical (unpaired) electrons. The maximum Gasteiger partial charge on any atom is 0.231 e. The molecule has 4 rings (SSSR count). The average molecular weight is 230 g/mol. The van der Waals surface area contributed by atoms with E-state index in [1.54, 1.807) is 0 Å². The topological polar surface area (TPSA) is 27.7 Å². The monoisotopic (exact) mass is 230 g/mol. The van der Waals surface area contributed by atoms with E-state index in [-0.39, 0.29) is 6.10 Å². The lowest BCUT2D eigenvalue weighted by Crippen LogP contribution is -2.25. The minimum Gasteiger partial charge on any atom is -0.485 e. The smallest absolute Gasteiger partial charge is 0.231 e. The summed E-state index contributed by atoms with van der Waals surface area (Å²) in [5.74, 6) is 2.57. The maximum atomic E-state index is 6.06. The molecule has 3 aliphatic rings. The van der Waals surface area contributed by atoms with E-state index in [4.69, 9.17) is 14.2 Å². The van der Waals surface area contributed by atoms with Gasteiger partial charge in [-0.2, -0.15) is 0 Å². The van der Waals surface area contributed by atoms with Crippen LogP contribution in [0, 0.1) is 0 Å². The first-order chi connectivity index (χ1) is 8.40. The van der Waals surface area contributed by atoms with E-state index >= 15 is 0 Å². The zero-order valence-corrected chi connectivity index (χ0v) is 9.57. The molecule has 0 aromatic heterocycles. The highest BCUT2D eigenvalue weighted by molar-refractivity contribution is 5.68. The molecule has 88 valence electrons. The molecule has 0 spiro atoms. The van der Waals surface area contributed by atoms with Crippen LogP contribution in [-0.4, -0.2) is 12.9 Å². The van der Waals surface area contributed by atoms with Crippen LogP contribution in [0.25, 0.3) is 6.08 Å². The van der Waals surface area contributed by atoms with Gasteiger partial charge in [0.25, 0.3) is 0 Å². The lowest BCUT2D eigenvalue weighted by molar-refractivity contribution is 0.173. The summed E-state index contributed by atoms with van der Waals surface area (Å²) < 4.78 is 16.8. The Morgan fingerprint density at radius 2 is 1.88 bits per heavy atom. The molecule has 3 heteroatoms. The molecule has 2 heterocycles. The highest BCUT2D eigenvalue weighted by Crippen LogP contribution is 2.43. The summed E-state index contributed by atoms with van der Waals surface area (Å²) in [6.45, 7) is 0.318. The molecule has 1 unspecified atom stereocenters. The third kappa shape index (κ3) is 1.42. The molecule has 3 nitrogen and oxygen atoms in total. The Morgan fingerprint density at radius 1 is 1.00 bits per heavy atom. The van der Waals surface area contributed by atoms with Crippen molar-refractivity contribution >= 4 is 6.08 Å². The molecular formula is C14H14O3. The van der Waals surface area contributed by atoms with Gasteiger partial charge in [-0.15, -0.1) is 0 Å².